The third kappa shape index (κ3) is 3.49. The second-order valence-electron chi connectivity index (χ2n) is 6.44. The van der Waals surface area contributed by atoms with Crippen molar-refractivity contribution in [2.24, 2.45) is 0 Å². The van der Waals surface area contributed by atoms with Gasteiger partial charge in [-0.1, -0.05) is 0 Å². The van der Waals surface area contributed by atoms with E-state index in [1.54, 1.807) is 26.4 Å². The van der Waals surface area contributed by atoms with E-state index in [4.69, 9.17) is 23.7 Å². The minimum absolute atomic E-state index is 0.197. The first-order chi connectivity index (χ1) is 14.1. The Balaban J connectivity index is 1.67. The van der Waals surface area contributed by atoms with Gasteiger partial charge in [-0.3, -0.25) is 4.79 Å². The molecule has 0 bridgehead atoms. The summed E-state index contributed by atoms with van der Waals surface area (Å²) >= 11 is 0. The number of benzene rings is 2. The molecule has 8 heteroatoms. The normalized spacial score (nSPS) is 12.5. The summed E-state index contributed by atoms with van der Waals surface area (Å²) in [6.45, 7) is 1.39. The smallest absolute Gasteiger partial charge is 0.253 e. The van der Waals surface area contributed by atoms with Crippen molar-refractivity contribution in [3.8, 4) is 28.7 Å². The molecule has 1 aliphatic heterocycles. The number of nitrogens with one attached hydrogen (secondary N) is 2. The summed E-state index contributed by atoms with van der Waals surface area (Å²) in [5.41, 5.74) is 1.79. The fourth-order valence-electron chi connectivity index (χ4n) is 3.35. The number of pyridine rings is 1. The first-order valence-corrected chi connectivity index (χ1v) is 9.13. The van der Waals surface area contributed by atoms with E-state index in [0.717, 1.165) is 16.8 Å². The topological polar surface area (TPSA) is 91.0 Å². The van der Waals surface area contributed by atoms with Crippen LogP contribution in [0.5, 0.6) is 28.7 Å². The maximum absolute atomic E-state index is 12.6. The Bertz CT molecular complexity index is 1110. The number of aromatic amines is 1. The van der Waals surface area contributed by atoms with Crippen molar-refractivity contribution in [1.29, 1.82) is 0 Å². The van der Waals surface area contributed by atoms with E-state index >= 15 is 0 Å². The molecule has 0 amide bonds. The number of hydrogen-bond acceptors (Lipinski definition) is 7. The van der Waals surface area contributed by atoms with Crippen LogP contribution in [0.1, 0.15) is 5.56 Å². The van der Waals surface area contributed by atoms with Crippen LogP contribution in [-0.4, -0.2) is 39.5 Å². The van der Waals surface area contributed by atoms with Gasteiger partial charge in [0.2, 0.25) is 5.75 Å². The summed E-state index contributed by atoms with van der Waals surface area (Å²) in [6, 6.07) is 9.10. The molecule has 2 aromatic carbocycles. The van der Waals surface area contributed by atoms with Gasteiger partial charge >= 0.3 is 0 Å². The molecular formula is C21H22N2O6. The molecule has 29 heavy (non-hydrogen) atoms. The van der Waals surface area contributed by atoms with Crippen LogP contribution in [0, 0.1) is 0 Å². The number of H-pyrrole nitrogens is 1. The minimum atomic E-state index is -0.197. The van der Waals surface area contributed by atoms with Gasteiger partial charge < -0.3 is 34.0 Å². The van der Waals surface area contributed by atoms with E-state index in [1.165, 1.54) is 7.11 Å². The fourth-order valence-corrected chi connectivity index (χ4v) is 3.35. The van der Waals surface area contributed by atoms with Gasteiger partial charge in [0.15, 0.2) is 23.0 Å². The summed E-state index contributed by atoms with van der Waals surface area (Å²) in [4.78, 5) is 15.5. The number of ether oxygens (including phenoxy) is 5. The zero-order chi connectivity index (χ0) is 20.4. The molecule has 0 aliphatic carbocycles. The van der Waals surface area contributed by atoms with Gasteiger partial charge in [0.25, 0.3) is 5.56 Å². The molecule has 8 nitrogen and oxygen atoms in total. The lowest BCUT2D eigenvalue weighted by Crippen LogP contribution is -2.17. The van der Waals surface area contributed by atoms with E-state index < -0.39 is 0 Å². The molecule has 0 saturated heterocycles. The number of anilines is 1. The van der Waals surface area contributed by atoms with E-state index in [9.17, 15) is 4.79 Å². The van der Waals surface area contributed by atoms with Gasteiger partial charge in [0.1, 0.15) is 13.2 Å². The van der Waals surface area contributed by atoms with Crippen LogP contribution in [0.2, 0.25) is 0 Å². The Morgan fingerprint density at radius 3 is 2.45 bits per heavy atom. The van der Waals surface area contributed by atoms with Crippen LogP contribution >= 0.6 is 0 Å². The molecule has 2 N–H and O–H groups in total. The lowest BCUT2D eigenvalue weighted by Gasteiger charge is -2.19. The number of rotatable bonds is 6. The Morgan fingerprint density at radius 2 is 1.72 bits per heavy atom. The first-order valence-electron chi connectivity index (χ1n) is 9.13. The molecule has 152 valence electrons. The summed E-state index contributed by atoms with van der Waals surface area (Å²) in [5, 5.41) is 3.98. The summed E-state index contributed by atoms with van der Waals surface area (Å²) < 4.78 is 27.4. The van der Waals surface area contributed by atoms with Gasteiger partial charge in [-0.15, -0.1) is 0 Å². The molecule has 2 heterocycles. The van der Waals surface area contributed by atoms with Crippen molar-refractivity contribution < 1.29 is 23.7 Å². The predicted molar refractivity (Wildman–Crippen MR) is 109 cm³/mol. The van der Waals surface area contributed by atoms with E-state index in [0.29, 0.717) is 53.8 Å². The van der Waals surface area contributed by atoms with Crippen LogP contribution in [0.4, 0.5) is 5.69 Å². The van der Waals surface area contributed by atoms with Crippen LogP contribution < -0.4 is 34.6 Å². The van der Waals surface area contributed by atoms with Crippen LogP contribution in [0.25, 0.3) is 10.9 Å². The largest absolute Gasteiger partial charge is 0.493 e. The summed E-state index contributed by atoms with van der Waals surface area (Å²) in [6.07, 6.45) is 0. The van der Waals surface area contributed by atoms with Gasteiger partial charge in [0.05, 0.1) is 26.8 Å². The SMILES string of the molecule is COc1cc2[nH]c(=O)c(CNc3ccc4c(c3)OCCO4)cc2c(OC)c1OC. The van der Waals surface area contributed by atoms with Crippen molar-refractivity contribution in [1.82, 2.24) is 4.98 Å². The quantitative estimate of drug-likeness (QED) is 0.660. The third-order valence-corrected chi connectivity index (χ3v) is 4.75. The van der Waals surface area contributed by atoms with Gasteiger partial charge in [-0.2, -0.15) is 0 Å². The summed E-state index contributed by atoms with van der Waals surface area (Å²) in [5.74, 6) is 2.86. The molecule has 3 aromatic rings. The number of methoxy groups -OCH3 is 3. The van der Waals surface area contributed by atoms with Gasteiger partial charge in [0, 0.05) is 35.3 Å². The highest BCUT2D eigenvalue weighted by atomic mass is 16.6. The molecule has 4 rings (SSSR count). The lowest BCUT2D eigenvalue weighted by molar-refractivity contribution is 0.171. The highest BCUT2D eigenvalue weighted by Gasteiger charge is 2.18. The van der Waals surface area contributed by atoms with Crippen molar-refractivity contribution in [3.05, 3.63) is 46.2 Å². The molecule has 0 unspecified atom stereocenters. The molecule has 0 spiro atoms. The Labute approximate surface area is 167 Å². The predicted octanol–water partition coefficient (Wildman–Crippen LogP) is 2.94. The molecule has 1 aromatic heterocycles. The van der Waals surface area contributed by atoms with Gasteiger partial charge in [-0.05, 0) is 18.2 Å². The highest BCUT2D eigenvalue weighted by Crippen LogP contribution is 2.42. The lowest BCUT2D eigenvalue weighted by atomic mass is 10.1. The van der Waals surface area contributed by atoms with E-state index in [-0.39, 0.29) is 5.56 Å². The van der Waals surface area contributed by atoms with E-state index in [1.807, 2.05) is 18.2 Å². The Morgan fingerprint density at radius 1 is 0.966 bits per heavy atom. The van der Waals surface area contributed by atoms with Crippen molar-refractivity contribution in [3.63, 3.8) is 0 Å². The highest BCUT2D eigenvalue weighted by molar-refractivity contribution is 5.90. The molecular weight excluding hydrogens is 376 g/mol. The van der Waals surface area contributed by atoms with Crippen molar-refractivity contribution in [2.75, 3.05) is 39.9 Å². The molecule has 0 fully saturated rings. The Hall–Kier alpha value is -3.55. The molecule has 0 saturated carbocycles. The number of aromatic nitrogens is 1. The van der Waals surface area contributed by atoms with Crippen LogP contribution in [0.3, 0.4) is 0 Å². The second kappa shape index (κ2) is 7.83. The van der Waals surface area contributed by atoms with Crippen molar-refractivity contribution in [2.45, 2.75) is 6.54 Å². The maximum Gasteiger partial charge on any atom is 0.253 e. The monoisotopic (exact) mass is 398 g/mol. The first kappa shape index (κ1) is 18.8. The van der Waals surface area contributed by atoms with E-state index in [2.05, 4.69) is 10.3 Å². The average Bonchev–Trinajstić information content (AvgIpc) is 2.76. The number of fused-ring (bicyclic) bond motifs is 2. The average molecular weight is 398 g/mol. The summed E-state index contributed by atoms with van der Waals surface area (Å²) in [7, 11) is 4.63. The Kier molecular flexibility index (Phi) is 5.07. The molecule has 0 radical (unpaired) electrons. The molecule has 1 aliphatic rings. The van der Waals surface area contributed by atoms with Crippen LogP contribution in [-0.2, 0) is 6.54 Å². The third-order valence-electron chi connectivity index (χ3n) is 4.75. The zero-order valence-corrected chi connectivity index (χ0v) is 16.5. The molecule has 0 atom stereocenters. The minimum Gasteiger partial charge on any atom is -0.493 e. The fraction of sp³-hybridized carbons (Fsp3) is 0.286. The van der Waals surface area contributed by atoms with Crippen LogP contribution in [0.15, 0.2) is 35.1 Å². The second-order valence-corrected chi connectivity index (χ2v) is 6.44. The zero-order valence-electron chi connectivity index (χ0n) is 16.5. The van der Waals surface area contributed by atoms with Crippen molar-refractivity contribution >= 4 is 16.6 Å². The van der Waals surface area contributed by atoms with Gasteiger partial charge in [-0.25, -0.2) is 0 Å². The maximum atomic E-state index is 12.6. The number of hydrogen-bond donors (Lipinski definition) is 2. The standard InChI is InChI=1S/C21H22N2O6/c1-25-18-10-15-14(19(26-2)20(18)27-3)8-12(21(24)23-15)11-22-13-4-5-16-17(9-13)29-7-6-28-16/h4-5,8-10,22H,6-7,11H2,1-3H3,(H,23,24).